The van der Waals surface area contributed by atoms with E-state index >= 15 is 0 Å². The molecule has 3 amide bonds. The van der Waals surface area contributed by atoms with Crippen molar-refractivity contribution in [3.05, 3.63) is 23.8 Å². The number of urea groups is 1. The van der Waals surface area contributed by atoms with Gasteiger partial charge in [0, 0.05) is 32.9 Å². The largest absolute Gasteiger partial charge is 0.450 e. The quantitative estimate of drug-likeness (QED) is 0.696. The van der Waals surface area contributed by atoms with Gasteiger partial charge in [0.1, 0.15) is 5.69 Å². The Balaban J connectivity index is 2.47. The molecule has 0 atom stereocenters. The van der Waals surface area contributed by atoms with Gasteiger partial charge in [0.15, 0.2) is 11.6 Å². The van der Waals surface area contributed by atoms with E-state index in [4.69, 9.17) is 0 Å². The van der Waals surface area contributed by atoms with Gasteiger partial charge in [0.2, 0.25) is 0 Å². The smallest absolute Gasteiger partial charge is 0.407 e. The average Bonchev–Trinajstić information content (AvgIpc) is 2.42. The first kappa shape index (κ1) is 18.5. The molecule has 0 aromatic heterocycles. The molecule has 0 bridgehead atoms. The lowest BCUT2D eigenvalue weighted by atomic mass is 10.2. The van der Waals surface area contributed by atoms with E-state index in [0.717, 1.165) is 12.1 Å². The van der Waals surface area contributed by atoms with Crippen LogP contribution in [0.4, 0.5) is 29.7 Å². The number of carbonyl (C=O) groups is 2. The summed E-state index contributed by atoms with van der Waals surface area (Å²) in [6.07, 6.45) is -0.585. The highest BCUT2D eigenvalue weighted by Gasteiger charge is 2.14. The highest BCUT2D eigenvalue weighted by Crippen LogP contribution is 2.25. The lowest BCUT2D eigenvalue weighted by Crippen LogP contribution is -2.37. The fourth-order valence-electron chi connectivity index (χ4n) is 1.76. The number of halogens is 2. The number of carbonyl (C=O) groups excluding carboxylic acids is 2. The van der Waals surface area contributed by atoms with Crippen molar-refractivity contribution in [2.45, 2.75) is 6.92 Å². The van der Waals surface area contributed by atoms with Crippen molar-refractivity contribution in [2.24, 2.45) is 0 Å². The van der Waals surface area contributed by atoms with Crippen molar-refractivity contribution in [1.29, 1.82) is 0 Å². The van der Waals surface area contributed by atoms with Gasteiger partial charge in [-0.25, -0.2) is 18.4 Å². The van der Waals surface area contributed by atoms with Crippen molar-refractivity contribution in [3.63, 3.8) is 0 Å². The van der Waals surface area contributed by atoms with E-state index in [1.165, 1.54) is 19.0 Å². The van der Waals surface area contributed by atoms with Gasteiger partial charge in [-0.1, -0.05) is 0 Å². The van der Waals surface area contributed by atoms with Crippen LogP contribution < -0.4 is 20.9 Å². The molecule has 128 valence electrons. The third kappa shape index (κ3) is 5.97. The van der Waals surface area contributed by atoms with Gasteiger partial charge in [0.05, 0.1) is 6.61 Å². The minimum Gasteiger partial charge on any atom is -0.450 e. The molecule has 0 aliphatic heterocycles. The topological polar surface area (TPSA) is 82.7 Å². The second kappa shape index (κ2) is 8.76. The Labute approximate surface area is 133 Å². The Morgan fingerprint density at radius 1 is 1.13 bits per heavy atom. The number of anilines is 2. The number of ether oxygens (including phenoxy) is 1. The van der Waals surface area contributed by atoms with E-state index in [1.54, 1.807) is 6.92 Å². The molecule has 7 nitrogen and oxygen atoms in total. The van der Waals surface area contributed by atoms with Crippen LogP contribution in [-0.2, 0) is 4.74 Å². The molecule has 0 aliphatic rings. The minimum atomic E-state index is -0.783. The standard InChI is InChI=1S/C14H20F2N4O3/c1-4-23-14(22)18-6-5-17-13(21)19-9-7-10(15)12(20(2)3)11(16)8-9/h7-8H,4-6H2,1-3H3,(H,18,22)(H2,17,19,21). The number of hydrogen-bond acceptors (Lipinski definition) is 4. The Morgan fingerprint density at radius 2 is 1.70 bits per heavy atom. The number of benzene rings is 1. The first-order chi connectivity index (χ1) is 10.8. The zero-order chi connectivity index (χ0) is 17.4. The summed E-state index contributed by atoms with van der Waals surface area (Å²) in [7, 11) is 3.02. The highest BCUT2D eigenvalue weighted by molar-refractivity contribution is 5.89. The fourth-order valence-corrected chi connectivity index (χ4v) is 1.76. The van der Waals surface area contributed by atoms with Crippen LogP contribution in [0.2, 0.25) is 0 Å². The average molecular weight is 330 g/mol. The lowest BCUT2D eigenvalue weighted by molar-refractivity contribution is 0.152. The van der Waals surface area contributed by atoms with Gasteiger partial charge in [-0.3, -0.25) is 0 Å². The zero-order valence-electron chi connectivity index (χ0n) is 13.2. The van der Waals surface area contributed by atoms with Crippen molar-refractivity contribution in [1.82, 2.24) is 10.6 Å². The molecule has 0 spiro atoms. The van der Waals surface area contributed by atoms with Crippen LogP contribution in [-0.4, -0.2) is 45.9 Å². The van der Waals surface area contributed by atoms with Crippen LogP contribution in [0.15, 0.2) is 12.1 Å². The molecule has 23 heavy (non-hydrogen) atoms. The number of rotatable bonds is 6. The van der Waals surface area contributed by atoms with Crippen LogP contribution in [0, 0.1) is 11.6 Å². The second-order valence-corrected chi connectivity index (χ2v) is 4.71. The third-order valence-corrected chi connectivity index (χ3v) is 2.68. The summed E-state index contributed by atoms with van der Waals surface area (Å²) < 4.78 is 32.2. The third-order valence-electron chi connectivity index (χ3n) is 2.68. The summed E-state index contributed by atoms with van der Waals surface area (Å²) in [5.41, 5.74) is -0.198. The number of alkyl carbamates (subject to hydrolysis) is 1. The maximum Gasteiger partial charge on any atom is 0.407 e. The maximum atomic E-state index is 13.8. The Bertz CT molecular complexity index is 544. The molecule has 1 aromatic rings. The monoisotopic (exact) mass is 330 g/mol. The van der Waals surface area contributed by atoms with Crippen LogP contribution in [0.5, 0.6) is 0 Å². The zero-order valence-corrected chi connectivity index (χ0v) is 13.2. The van der Waals surface area contributed by atoms with Gasteiger partial charge in [-0.2, -0.15) is 0 Å². The van der Waals surface area contributed by atoms with Crippen LogP contribution >= 0.6 is 0 Å². The Morgan fingerprint density at radius 3 is 2.22 bits per heavy atom. The number of hydrogen-bond donors (Lipinski definition) is 3. The predicted octanol–water partition coefficient (Wildman–Crippen LogP) is 1.90. The summed E-state index contributed by atoms with van der Waals surface area (Å²) in [5.74, 6) is -1.57. The van der Waals surface area contributed by atoms with E-state index in [1.807, 2.05) is 0 Å². The molecular weight excluding hydrogens is 310 g/mol. The lowest BCUT2D eigenvalue weighted by Gasteiger charge is -2.16. The summed E-state index contributed by atoms with van der Waals surface area (Å²) in [5, 5.41) is 7.15. The summed E-state index contributed by atoms with van der Waals surface area (Å²) in [4.78, 5) is 23.9. The maximum absolute atomic E-state index is 13.8. The molecule has 0 fully saturated rings. The van der Waals surface area contributed by atoms with Crippen molar-refractivity contribution >= 4 is 23.5 Å². The minimum absolute atomic E-state index is 0.0125. The summed E-state index contributed by atoms with van der Waals surface area (Å²) >= 11 is 0. The number of amides is 3. The molecule has 1 rings (SSSR count). The molecule has 0 saturated heterocycles. The first-order valence-corrected chi connectivity index (χ1v) is 6.97. The summed E-state index contributed by atoms with van der Waals surface area (Å²) in [6.45, 7) is 2.21. The first-order valence-electron chi connectivity index (χ1n) is 6.97. The SMILES string of the molecule is CCOC(=O)NCCNC(=O)Nc1cc(F)c(N(C)C)c(F)c1. The molecule has 0 radical (unpaired) electrons. The molecule has 1 aromatic carbocycles. The Kier molecular flexibility index (Phi) is 7.04. The molecule has 0 unspecified atom stereocenters. The van der Waals surface area contributed by atoms with E-state index in [0.29, 0.717) is 0 Å². The van der Waals surface area contributed by atoms with Gasteiger partial charge >= 0.3 is 12.1 Å². The van der Waals surface area contributed by atoms with Gasteiger partial charge in [0.25, 0.3) is 0 Å². The molecule has 3 N–H and O–H groups in total. The van der Waals surface area contributed by atoms with Crippen molar-refractivity contribution in [2.75, 3.05) is 44.0 Å². The van der Waals surface area contributed by atoms with Crippen LogP contribution in [0.25, 0.3) is 0 Å². The molecule has 0 saturated carbocycles. The summed E-state index contributed by atoms with van der Waals surface area (Å²) in [6, 6.07) is 1.40. The van der Waals surface area contributed by atoms with Crippen LogP contribution in [0.3, 0.4) is 0 Å². The number of nitrogens with zero attached hydrogens (tertiary/aromatic N) is 1. The van der Waals surface area contributed by atoms with Gasteiger partial charge < -0.3 is 25.6 Å². The Hall–Kier alpha value is -2.58. The van der Waals surface area contributed by atoms with E-state index in [2.05, 4.69) is 20.7 Å². The molecule has 0 heterocycles. The van der Waals surface area contributed by atoms with E-state index in [9.17, 15) is 18.4 Å². The van der Waals surface area contributed by atoms with Gasteiger partial charge in [-0.15, -0.1) is 0 Å². The van der Waals surface area contributed by atoms with Crippen molar-refractivity contribution in [3.8, 4) is 0 Å². The molecule has 0 aliphatic carbocycles. The second-order valence-electron chi connectivity index (χ2n) is 4.71. The van der Waals surface area contributed by atoms with E-state index in [-0.39, 0.29) is 31.1 Å². The van der Waals surface area contributed by atoms with Crippen molar-refractivity contribution < 1.29 is 23.1 Å². The van der Waals surface area contributed by atoms with E-state index < -0.39 is 23.8 Å². The fraction of sp³-hybridized carbons (Fsp3) is 0.429. The number of nitrogens with one attached hydrogen (secondary N) is 3. The van der Waals surface area contributed by atoms with Crippen LogP contribution in [0.1, 0.15) is 6.92 Å². The predicted molar refractivity (Wildman–Crippen MR) is 82.7 cm³/mol. The normalized spacial score (nSPS) is 9.96. The van der Waals surface area contributed by atoms with Gasteiger partial charge in [-0.05, 0) is 19.1 Å². The molecule has 9 heteroatoms. The molecular formula is C14H20F2N4O3. The highest BCUT2D eigenvalue weighted by atomic mass is 19.1.